The summed E-state index contributed by atoms with van der Waals surface area (Å²) >= 11 is 0. The number of amides is 1. The molecule has 0 bridgehead atoms. The third kappa shape index (κ3) is 3.86. The van der Waals surface area contributed by atoms with Crippen molar-refractivity contribution >= 4 is 5.91 Å². The number of nitrogens with zero attached hydrogens (tertiary/aromatic N) is 1. The largest absolute Gasteiger partial charge is 0.409 e. The van der Waals surface area contributed by atoms with Crippen molar-refractivity contribution in [2.24, 2.45) is 5.92 Å². The van der Waals surface area contributed by atoms with E-state index in [1.54, 1.807) is 32.0 Å². The van der Waals surface area contributed by atoms with Crippen molar-refractivity contribution in [1.82, 2.24) is 10.4 Å². The van der Waals surface area contributed by atoms with Crippen LogP contribution in [0.1, 0.15) is 51.3 Å². The highest BCUT2D eigenvalue weighted by molar-refractivity contribution is 5.79. The van der Waals surface area contributed by atoms with Crippen molar-refractivity contribution in [3.63, 3.8) is 0 Å². The van der Waals surface area contributed by atoms with E-state index >= 15 is 0 Å². The van der Waals surface area contributed by atoms with Crippen LogP contribution in [0.15, 0.2) is 24.3 Å². The summed E-state index contributed by atoms with van der Waals surface area (Å²) in [6, 6.07) is 4.76. The molecule has 3 nitrogen and oxygen atoms in total. The molecular weight excluding hydrogens is 305 g/mol. The molecule has 1 heterocycles. The zero-order chi connectivity index (χ0) is 17.4. The van der Waals surface area contributed by atoms with Gasteiger partial charge in [0.1, 0.15) is 0 Å². The number of carbonyl (C=O) groups excluding carboxylic acids is 1. The lowest BCUT2D eigenvalue weighted by Gasteiger charge is -2.38. The van der Waals surface area contributed by atoms with E-state index in [0.717, 1.165) is 5.01 Å². The molecule has 0 aliphatic carbocycles. The molecule has 1 aliphatic heterocycles. The molecule has 1 amide bonds. The van der Waals surface area contributed by atoms with E-state index in [2.05, 4.69) is 5.43 Å². The maximum Gasteiger partial charge on any atom is 0.409 e. The lowest BCUT2D eigenvalue weighted by atomic mass is 9.91. The first-order chi connectivity index (χ1) is 10.5. The Labute approximate surface area is 134 Å². The Morgan fingerprint density at radius 2 is 1.87 bits per heavy atom. The zero-order valence-corrected chi connectivity index (χ0v) is 13.9. The van der Waals surface area contributed by atoms with Gasteiger partial charge >= 0.3 is 6.18 Å². The molecule has 1 saturated heterocycles. The number of alkyl halides is 3. The first kappa shape index (κ1) is 17.8. The van der Waals surface area contributed by atoms with Gasteiger partial charge in [-0.1, -0.05) is 38.1 Å². The van der Waals surface area contributed by atoms with Gasteiger partial charge < -0.3 is 0 Å². The Bertz CT molecular complexity index is 581. The van der Waals surface area contributed by atoms with Crippen molar-refractivity contribution in [1.29, 1.82) is 0 Å². The number of hydrogen-bond acceptors (Lipinski definition) is 2. The molecular formula is C17H23F3N2O. The van der Waals surface area contributed by atoms with Gasteiger partial charge in [-0.25, -0.2) is 0 Å². The summed E-state index contributed by atoms with van der Waals surface area (Å²) in [7, 11) is 0. The topological polar surface area (TPSA) is 32.3 Å². The quantitative estimate of drug-likeness (QED) is 0.906. The predicted molar refractivity (Wildman–Crippen MR) is 82.5 cm³/mol. The van der Waals surface area contributed by atoms with Gasteiger partial charge in [0.15, 0.2) is 6.04 Å². The van der Waals surface area contributed by atoms with E-state index < -0.39 is 17.8 Å². The number of halogens is 3. The minimum absolute atomic E-state index is 0.0475. The van der Waals surface area contributed by atoms with Crippen LogP contribution in [0.5, 0.6) is 0 Å². The van der Waals surface area contributed by atoms with Crippen LogP contribution in [0, 0.1) is 5.92 Å². The molecule has 1 fully saturated rings. The van der Waals surface area contributed by atoms with Crippen LogP contribution < -0.4 is 5.43 Å². The van der Waals surface area contributed by atoms with Crippen LogP contribution >= 0.6 is 0 Å². The molecule has 6 heteroatoms. The molecule has 1 aromatic carbocycles. The van der Waals surface area contributed by atoms with E-state index in [1.807, 2.05) is 13.8 Å². The zero-order valence-electron chi connectivity index (χ0n) is 13.9. The molecule has 1 aromatic rings. The van der Waals surface area contributed by atoms with Gasteiger partial charge in [-0.05, 0) is 37.3 Å². The number of rotatable bonds is 4. The van der Waals surface area contributed by atoms with E-state index in [4.69, 9.17) is 0 Å². The van der Waals surface area contributed by atoms with E-state index in [1.165, 1.54) is 6.07 Å². The average Bonchev–Trinajstić information content (AvgIpc) is 2.62. The molecule has 1 aliphatic rings. The second-order valence-electron chi connectivity index (χ2n) is 7.14. The van der Waals surface area contributed by atoms with E-state index in [9.17, 15) is 18.0 Å². The van der Waals surface area contributed by atoms with Crippen LogP contribution in [-0.4, -0.2) is 22.6 Å². The number of hydrazine groups is 1. The molecule has 0 saturated carbocycles. The molecule has 128 valence electrons. The van der Waals surface area contributed by atoms with Crippen LogP contribution in [0.25, 0.3) is 0 Å². The molecule has 0 aromatic heterocycles. The lowest BCUT2D eigenvalue weighted by molar-refractivity contribution is -0.204. The fraction of sp³-hybridized carbons (Fsp3) is 0.588. The van der Waals surface area contributed by atoms with Crippen LogP contribution in [-0.2, 0) is 11.2 Å². The van der Waals surface area contributed by atoms with Gasteiger partial charge in [0.05, 0.1) is 0 Å². The highest BCUT2D eigenvalue weighted by atomic mass is 19.4. The second-order valence-corrected chi connectivity index (χ2v) is 7.14. The minimum Gasteiger partial charge on any atom is -0.287 e. The monoisotopic (exact) mass is 328 g/mol. The molecule has 2 rings (SSSR count). The van der Waals surface area contributed by atoms with Crippen LogP contribution in [0.3, 0.4) is 0 Å². The van der Waals surface area contributed by atoms with Gasteiger partial charge in [-0.3, -0.25) is 10.2 Å². The Morgan fingerprint density at radius 1 is 1.26 bits per heavy atom. The highest BCUT2D eigenvalue weighted by Crippen LogP contribution is 2.43. The SMILES string of the molecule is CC(C)Cc1ccccc1C(N1NC(=O)CC1(C)C)C(F)(F)F. The Morgan fingerprint density at radius 3 is 2.35 bits per heavy atom. The third-order valence-electron chi connectivity index (χ3n) is 4.04. The normalized spacial score (nSPS) is 19.9. The molecule has 23 heavy (non-hydrogen) atoms. The summed E-state index contributed by atoms with van der Waals surface area (Å²) in [5, 5.41) is 1.06. The van der Waals surface area contributed by atoms with Gasteiger partial charge in [0.2, 0.25) is 5.91 Å². The highest BCUT2D eigenvalue weighted by Gasteiger charge is 2.53. The fourth-order valence-corrected chi connectivity index (χ4v) is 3.11. The molecule has 1 N–H and O–H groups in total. The van der Waals surface area contributed by atoms with Gasteiger partial charge in [-0.2, -0.15) is 18.2 Å². The van der Waals surface area contributed by atoms with Gasteiger partial charge in [-0.15, -0.1) is 0 Å². The summed E-state index contributed by atoms with van der Waals surface area (Å²) in [5.74, 6) is -0.142. The summed E-state index contributed by atoms with van der Waals surface area (Å²) in [6.07, 6.45) is -3.88. The molecule has 0 radical (unpaired) electrons. The maximum atomic E-state index is 13.9. The van der Waals surface area contributed by atoms with Crippen LogP contribution in [0.4, 0.5) is 13.2 Å². The number of carbonyl (C=O) groups is 1. The van der Waals surface area contributed by atoms with Gasteiger partial charge in [0.25, 0.3) is 0 Å². The van der Waals surface area contributed by atoms with Crippen molar-refractivity contribution in [3.8, 4) is 0 Å². The molecule has 1 atom stereocenters. The summed E-state index contributed by atoms with van der Waals surface area (Å²) in [5.41, 5.74) is 2.38. The maximum absolute atomic E-state index is 13.9. The molecule has 0 spiro atoms. The minimum atomic E-state index is -4.48. The number of nitrogens with one attached hydrogen (secondary N) is 1. The predicted octanol–water partition coefficient (Wildman–Crippen LogP) is 4.00. The van der Waals surface area contributed by atoms with Crippen molar-refractivity contribution in [3.05, 3.63) is 35.4 Å². The Hall–Kier alpha value is -1.56. The van der Waals surface area contributed by atoms with E-state index in [-0.39, 0.29) is 23.8 Å². The first-order valence-electron chi connectivity index (χ1n) is 7.75. The van der Waals surface area contributed by atoms with Crippen molar-refractivity contribution in [2.75, 3.05) is 0 Å². The van der Waals surface area contributed by atoms with Crippen LogP contribution in [0.2, 0.25) is 0 Å². The number of hydrogen-bond donors (Lipinski definition) is 1. The molecule has 1 unspecified atom stereocenters. The third-order valence-corrected chi connectivity index (χ3v) is 4.04. The standard InChI is InChI=1S/C17H23F3N2O/c1-11(2)9-12-7-5-6-8-13(12)15(17(18,19)20)22-16(3,4)10-14(23)21-22/h5-8,11,15H,9-10H2,1-4H3,(H,21,23). The van der Waals surface area contributed by atoms with Crippen molar-refractivity contribution < 1.29 is 18.0 Å². The lowest BCUT2D eigenvalue weighted by Crippen LogP contribution is -2.51. The van der Waals surface area contributed by atoms with E-state index in [0.29, 0.717) is 12.0 Å². The fourth-order valence-electron chi connectivity index (χ4n) is 3.11. The van der Waals surface area contributed by atoms with Crippen molar-refractivity contribution in [2.45, 2.75) is 58.3 Å². The smallest absolute Gasteiger partial charge is 0.287 e. The summed E-state index contributed by atoms with van der Waals surface area (Å²) in [6.45, 7) is 7.24. The average molecular weight is 328 g/mol. The Kier molecular flexibility index (Phi) is 4.76. The van der Waals surface area contributed by atoms with Gasteiger partial charge in [0, 0.05) is 12.0 Å². The summed E-state index contributed by atoms with van der Waals surface area (Å²) < 4.78 is 41.6. The first-order valence-corrected chi connectivity index (χ1v) is 7.75. The summed E-state index contributed by atoms with van der Waals surface area (Å²) in [4.78, 5) is 11.7. The number of benzene rings is 1. The second kappa shape index (κ2) is 6.15. The Balaban J connectivity index is 2.51.